The Morgan fingerprint density at radius 1 is 1.17 bits per heavy atom. The Morgan fingerprint density at radius 2 is 1.93 bits per heavy atom. The van der Waals surface area contributed by atoms with E-state index in [0.29, 0.717) is 21.9 Å². The van der Waals surface area contributed by atoms with Crippen LogP contribution in [0.15, 0.2) is 70.7 Å². The normalized spacial score (nSPS) is 15.3. The fourth-order valence-electron chi connectivity index (χ4n) is 3.52. The van der Waals surface area contributed by atoms with Crippen molar-refractivity contribution in [2.24, 2.45) is 0 Å². The molecule has 3 heterocycles. The van der Waals surface area contributed by atoms with Crippen LogP contribution in [0.1, 0.15) is 12.5 Å². The summed E-state index contributed by atoms with van der Waals surface area (Å²) in [5.41, 5.74) is 1.19. The van der Waals surface area contributed by atoms with Crippen LogP contribution in [-0.2, 0) is 4.79 Å². The van der Waals surface area contributed by atoms with Gasteiger partial charge in [-0.1, -0.05) is 42.1 Å². The van der Waals surface area contributed by atoms with Crippen LogP contribution in [-0.4, -0.2) is 31.0 Å². The molecule has 1 aliphatic rings. The van der Waals surface area contributed by atoms with Gasteiger partial charge in [-0.2, -0.15) is 5.10 Å². The lowest BCUT2D eigenvalue weighted by Crippen LogP contribution is -2.27. The van der Waals surface area contributed by atoms with E-state index in [0.717, 1.165) is 5.69 Å². The number of aromatic nitrogens is 4. The van der Waals surface area contributed by atoms with Gasteiger partial charge >= 0.3 is 0 Å². The lowest BCUT2D eigenvalue weighted by Gasteiger charge is -2.13. The number of para-hydroxylation sites is 2. The third-order valence-electron chi connectivity index (χ3n) is 4.94. The van der Waals surface area contributed by atoms with Gasteiger partial charge in [-0.05, 0) is 24.3 Å². The number of anilines is 1. The second-order valence-electron chi connectivity index (χ2n) is 6.90. The first-order chi connectivity index (χ1) is 14.6. The minimum atomic E-state index is -0.499. The summed E-state index contributed by atoms with van der Waals surface area (Å²) in [5.74, 6) is -0.315. The summed E-state index contributed by atoms with van der Waals surface area (Å²) in [6, 6.07) is 15.1. The lowest BCUT2D eigenvalue weighted by atomic mass is 10.2. The van der Waals surface area contributed by atoms with Gasteiger partial charge in [-0.3, -0.25) is 14.2 Å². The molecule has 1 aliphatic heterocycles. The van der Waals surface area contributed by atoms with Crippen LogP contribution < -0.4 is 10.9 Å². The van der Waals surface area contributed by atoms with E-state index in [4.69, 9.17) is 0 Å². The number of rotatable bonds is 4. The highest BCUT2D eigenvalue weighted by atomic mass is 32.2. The monoisotopic (exact) mass is 421 g/mol. The van der Waals surface area contributed by atoms with E-state index < -0.39 is 5.82 Å². The molecular formula is C21H16FN5O2S. The molecule has 0 unspecified atom stereocenters. The summed E-state index contributed by atoms with van der Waals surface area (Å²) < 4.78 is 17.0. The molecule has 2 aromatic heterocycles. The Kier molecular flexibility index (Phi) is 4.59. The fourth-order valence-corrected chi connectivity index (χ4v) is 4.65. The van der Waals surface area contributed by atoms with Gasteiger partial charge in [0.25, 0.3) is 5.56 Å². The van der Waals surface area contributed by atoms with E-state index in [2.05, 4.69) is 15.4 Å². The average molecular weight is 421 g/mol. The lowest BCUT2D eigenvalue weighted by molar-refractivity contribution is -0.116. The second kappa shape index (κ2) is 7.42. The molecule has 0 bridgehead atoms. The first kappa shape index (κ1) is 18.6. The third-order valence-corrected chi connectivity index (χ3v) is 6.04. The van der Waals surface area contributed by atoms with E-state index in [9.17, 15) is 14.0 Å². The van der Waals surface area contributed by atoms with Crippen molar-refractivity contribution >= 4 is 34.4 Å². The quantitative estimate of drug-likeness (QED) is 0.511. The predicted molar refractivity (Wildman–Crippen MR) is 113 cm³/mol. The summed E-state index contributed by atoms with van der Waals surface area (Å²) in [7, 11) is 0. The topological polar surface area (TPSA) is 81.8 Å². The van der Waals surface area contributed by atoms with Crippen LogP contribution in [0.2, 0.25) is 0 Å². The number of nitrogens with zero attached hydrogens (tertiary/aromatic N) is 4. The summed E-state index contributed by atoms with van der Waals surface area (Å²) in [4.78, 5) is 30.2. The van der Waals surface area contributed by atoms with Crippen molar-refractivity contribution in [2.45, 2.75) is 17.6 Å². The summed E-state index contributed by atoms with van der Waals surface area (Å²) in [5, 5.41) is 7.85. The van der Waals surface area contributed by atoms with Crippen LogP contribution in [0.4, 0.5) is 10.1 Å². The summed E-state index contributed by atoms with van der Waals surface area (Å²) in [6.07, 6.45) is 1.55. The largest absolute Gasteiger partial charge is 0.324 e. The van der Waals surface area contributed by atoms with Gasteiger partial charge in [0.2, 0.25) is 5.91 Å². The van der Waals surface area contributed by atoms with Gasteiger partial charge in [0.05, 0.1) is 23.6 Å². The number of carbonyl (C=O) groups is 1. The molecule has 7 nitrogen and oxygen atoms in total. The highest BCUT2D eigenvalue weighted by molar-refractivity contribution is 7.99. The first-order valence-electron chi connectivity index (χ1n) is 9.34. The number of nitrogens with one attached hydrogen (secondary N) is 1. The van der Waals surface area contributed by atoms with Gasteiger partial charge in [0.15, 0.2) is 10.8 Å². The Bertz CT molecular complexity index is 1320. The number of fused-ring (bicyclic) bond motifs is 2. The van der Waals surface area contributed by atoms with Crippen molar-refractivity contribution in [3.63, 3.8) is 0 Å². The highest BCUT2D eigenvalue weighted by Gasteiger charge is 2.29. The zero-order valence-electron chi connectivity index (χ0n) is 15.7. The van der Waals surface area contributed by atoms with Gasteiger partial charge in [0.1, 0.15) is 11.2 Å². The number of hydrogen-bond donors (Lipinski definition) is 1. The van der Waals surface area contributed by atoms with Crippen LogP contribution >= 0.6 is 11.8 Å². The molecule has 0 saturated carbocycles. The molecule has 0 fully saturated rings. The van der Waals surface area contributed by atoms with Crippen LogP contribution in [0.3, 0.4) is 0 Å². The maximum Gasteiger partial charge on any atom is 0.265 e. The molecular weight excluding hydrogens is 405 g/mol. The molecule has 0 radical (unpaired) electrons. The minimum absolute atomic E-state index is 0.0499. The molecule has 2 aromatic carbocycles. The zero-order valence-corrected chi connectivity index (χ0v) is 16.5. The highest BCUT2D eigenvalue weighted by Crippen LogP contribution is 2.33. The Labute approximate surface area is 174 Å². The molecule has 4 aromatic rings. The smallest absolute Gasteiger partial charge is 0.265 e. The van der Waals surface area contributed by atoms with Crippen LogP contribution in [0, 0.1) is 5.82 Å². The molecule has 1 amide bonds. The number of hydrogen-bond acceptors (Lipinski definition) is 5. The van der Waals surface area contributed by atoms with Crippen molar-refractivity contribution in [3.05, 3.63) is 77.0 Å². The number of halogens is 1. The number of amides is 1. The molecule has 0 spiro atoms. The van der Waals surface area contributed by atoms with Gasteiger partial charge in [-0.15, -0.1) is 0 Å². The first-order valence-corrected chi connectivity index (χ1v) is 10.3. The molecule has 9 heteroatoms. The fraction of sp³-hybridized carbons (Fsp3) is 0.143. The van der Waals surface area contributed by atoms with Crippen molar-refractivity contribution in [3.8, 4) is 5.69 Å². The second-order valence-corrected chi connectivity index (χ2v) is 7.88. The van der Waals surface area contributed by atoms with Gasteiger partial charge < -0.3 is 5.32 Å². The van der Waals surface area contributed by atoms with E-state index in [1.54, 1.807) is 21.4 Å². The zero-order chi connectivity index (χ0) is 20.7. The molecule has 5 rings (SSSR count). The number of carbonyl (C=O) groups excluding carboxylic acids is 1. The van der Waals surface area contributed by atoms with Crippen LogP contribution in [0.25, 0.3) is 16.7 Å². The molecule has 1 atom stereocenters. The Balaban J connectivity index is 1.46. The van der Waals surface area contributed by atoms with Crippen LogP contribution in [0.5, 0.6) is 0 Å². The third kappa shape index (κ3) is 3.17. The summed E-state index contributed by atoms with van der Waals surface area (Å²) in [6.45, 7) is 0. The van der Waals surface area contributed by atoms with E-state index >= 15 is 0 Å². The van der Waals surface area contributed by atoms with Crippen molar-refractivity contribution in [2.75, 3.05) is 11.1 Å². The van der Waals surface area contributed by atoms with Gasteiger partial charge in [-0.25, -0.2) is 14.1 Å². The van der Waals surface area contributed by atoms with E-state index in [1.165, 1.54) is 30.1 Å². The molecule has 0 aliphatic carbocycles. The van der Waals surface area contributed by atoms with E-state index in [-0.39, 0.29) is 29.6 Å². The van der Waals surface area contributed by atoms with Crippen molar-refractivity contribution in [1.29, 1.82) is 0 Å². The van der Waals surface area contributed by atoms with E-state index in [1.807, 2.05) is 30.3 Å². The molecule has 150 valence electrons. The number of benzene rings is 2. The molecule has 30 heavy (non-hydrogen) atoms. The van der Waals surface area contributed by atoms with Gasteiger partial charge in [0, 0.05) is 12.2 Å². The predicted octanol–water partition coefficient (Wildman–Crippen LogP) is 3.40. The molecule has 0 saturated heterocycles. The maximum absolute atomic E-state index is 13.8. The van der Waals surface area contributed by atoms with Crippen molar-refractivity contribution in [1.82, 2.24) is 19.3 Å². The summed E-state index contributed by atoms with van der Waals surface area (Å²) >= 11 is 1.42. The average Bonchev–Trinajstić information content (AvgIpc) is 3.35. The Hall–Kier alpha value is -3.46. The SMILES string of the molecule is O=C(C[C@H]1CSc2nc3c(cnn3-c3ccccc3)c(=O)n21)Nc1ccccc1F. The van der Waals surface area contributed by atoms with Crippen molar-refractivity contribution < 1.29 is 9.18 Å². The molecule has 1 N–H and O–H groups in total. The minimum Gasteiger partial charge on any atom is -0.324 e. The Morgan fingerprint density at radius 3 is 2.73 bits per heavy atom. The number of thioether (sulfide) groups is 1. The standard InChI is InChI=1S/C21H16FN5O2S/c22-16-8-4-5-9-17(16)24-18(28)10-14-12-30-21-25-19-15(20(29)26(14)21)11-23-27(19)13-6-2-1-3-7-13/h1-9,11,14H,10,12H2,(H,24,28)/t14-/m0/s1. The maximum atomic E-state index is 13.8.